The van der Waals surface area contributed by atoms with E-state index in [4.69, 9.17) is 15.8 Å². The Morgan fingerprint density at radius 1 is 0.854 bits per heavy atom. The molecule has 9 rings (SSSR count). The average molecular weight is 568 g/mol. The van der Waals surface area contributed by atoms with Crippen molar-refractivity contribution in [2.24, 2.45) is 0 Å². The molecule has 3 saturated heterocycles. The highest BCUT2D eigenvalue weighted by Gasteiger charge is 2.35. The van der Waals surface area contributed by atoms with E-state index in [1.807, 2.05) is 0 Å². The molecule has 5 aliphatic rings. The van der Waals surface area contributed by atoms with Gasteiger partial charge in [-0.15, -0.1) is 16.4 Å². The third-order valence-corrected chi connectivity index (χ3v) is 10.4. The van der Waals surface area contributed by atoms with Crippen LogP contribution in [0.25, 0.3) is 16.3 Å². The summed E-state index contributed by atoms with van der Waals surface area (Å²) in [6, 6.07) is 15.8. The number of hydrogen-bond acceptors (Lipinski definition) is 9. The third kappa shape index (κ3) is 4.63. The molecule has 0 saturated carbocycles. The maximum Gasteiger partial charge on any atom is 0.248 e. The summed E-state index contributed by atoms with van der Waals surface area (Å²) in [7, 11) is 0. The van der Waals surface area contributed by atoms with Crippen LogP contribution in [-0.2, 0) is 0 Å². The van der Waals surface area contributed by atoms with Crippen molar-refractivity contribution >= 4 is 40.3 Å². The molecule has 3 fully saturated rings. The first kappa shape index (κ1) is 25.1. The second-order valence-corrected chi connectivity index (χ2v) is 12.8. The minimum atomic E-state index is 0.329. The first-order chi connectivity index (χ1) is 20.2. The molecule has 0 atom stereocenters. The van der Waals surface area contributed by atoms with Gasteiger partial charge in [0.1, 0.15) is 0 Å². The van der Waals surface area contributed by atoms with Gasteiger partial charge in [0.15, 0.2) is 5.82 Å². The standard InChI is InChI=1S/C31H37N9S/c32-30-35-31(33-22-5-7-23(8-6-22)38-17-11-24(12-18-38)37-13-1-2-14-37)36-40(30)27-20-25(26-4-3-19-41-26)29-28(34-27)21-9-15-39(29)16-10-21/h3-8,19-21,24H,1-2,9-18H2,(H3,32,33,35,36). The lowest BCUT2D eigenvalue weighted by molar-refractivity contribution is 0.208. The normalized spacial score (nSPS) is 19.7. The Bertz CT molecular complexity index is 1510. The maximum absolute atomic E-state index is 6.42. The van der Waals surface area contributed by atoms with Crippen molar-refractivity contribution in [3.63, 3.8) is 0 Å². The number of nitrogens with zero attached hydrogens (tertiary/aromatic N) is 7. The van der Waals surface area contributed by atoms with Crippen LogP contribution in [0.2, 0.25) is 0 Å². The summed E-state index contributed by atoms with van der Waals surface area (Å²) in [5.74, 6) is 2.02. The zero-order valence-electron chi connectivity index (χ0n) is 23.4. The Morgan fingerprint density at radius 3 is 2.34 bits per heavy atom. The summed E-state index contributed by atoms with van der Waals surface area (Å²) < 4.78 is 1.68. The zero-order chi connectivity index (χ0) is 27.3. The largest absolute Gasteiger partial charge is 0.371 e. The van der Waals surface area contributed by atoms with Gasteiger partial charge in [-0.3, -0.25) is 0 Å². The molecule has 0 spiro atoms. The zero-order valence-corrected chi connectivity index (χ0v) is 24.2. The molecule has 212 valence electrons. The molecule has 0 amide bonds. The Balaban J connectivity index is 1.01. The van der Waals surface area contributed by atoms with Gasteiger partial charge in [-0.2, -0.15) is 9.67 Å². The summed E-state index contributed by atoms with van der Waals surface area (Å²) in [6.45, 7) is 7.03. The fraction of sp³-hybridized carbons (Fsp3) is 0.452. The van der Waals surface area contributed by atoms with Crippen molar-refractivity contribution in [3.8, 4) is 16.3 Å². The molecule has 0 radical (unpaired) electrons. The van der Waals surface area contributed by atoms with Gasteiger partial charge in [0.05, 0.1) is 11.4 Å². The van der Waals surface area contributed by atoms with E-state index >= 15 is 0 Å². The predicted octanol–water partition coefficient (Wildman–Crippen LogP) is 5.48. The number of rotatable bonds is 6. The van der Waals surface area contributed by atoms with Crippen LogP contribution >= 0.6 is 11.3 Å². The van der Waals surface area contributed by atoms with Crippen LogP contribution in [0.4, 0.5) is 29.0 Å². The molecular weight excluding hydrogens is 530 g/mol. The fourth-order valence-electron chi connectivity index (χ4n) is 7.29. The first-order valence-electron chi connectivity index (χ1n) is 15.1. The predicted molar refractivity (Wildman–Crippen MR) is 167 cm³/mol. The molecule has 4 aromatic rings. The molecule has 5 aliphatic heterocycles. The SMILES string of the molecule is Nc1nc(Nc2ccc(N3CCC(N4CCCC4)CC3)cc2)nn1-c1cc(-c2cccs2)c2c(n1)C1CCN2CC1. The number of aromatic nitrogens is 4. The van der Waals surface area contributed by atoms with Crippen LogP contribution in [0.15, 0.2) is 47.8 Å². The van der Waals surface area contributed by atoms with Crippen LogP contribution in [-0.4, -0.2) is 70.0 Å². The smallest absolute Gasteiger partial charge is 0.248 e. The van der Waals surface area contributed by atoms with E-state index < -0.39 is 0 Å². The number of thiophene rings is 1. The molecule has 41 heavy (non-hydrogen) atoms. The lowest BCUT2D eigenvalue weighted by atomic mass is 9.85. The van der Waals surface area contributed by atoms with Crippen molar-refractivity contribution in [1.29, 1.82) is 0 Å². The Kier molecular flexibility index (Phi) is 6.33. The summed E-state index contributed by atoms with van der Waals surface area (Å²) >= 11 is 1.76. The quantitative estimate of drug-likeness (QED) is 0.317. The van der Waals surface area contributed by atoms with E-state index in [1.165, 1.54) is 66.3 Å². The number of fused-ring (bicyclic) bond motifs is 2. The molecule has 3 N–H and O–H groups in total. The van der Waals surface area contributed by atoms with E-state index in [1.54, 1.807) is 16.0 Å². The molecule has 8 heterocycles. The lowest BCUT2D eigenvalue weighted by Crippen LogP contribution is -2.43. The number of benzene rings is 1. The van der Waals surface area contributed by atoms with Crippen LogP contribution in [0.1, 0.15) is 50.1 Å². The summed E-state index contributed by atoms with van der Waals surface area (Å²) in [5, 5.41) is 10.2. The average Bonchev–Trinajstić information content (AvgIpc) is 3.81. The fourth-order valence-corrected chi connectivity index (χ4v) is 8.04. The Labute approximate surface area is 245 Å². The van der Waals surface area contributed by atoms with Crippen LogP contribution in [0, 0.1) is 0 Å². The number of nitrogen functional groups attached to an aromatic ring is 1. The second-order valence-electron chi connectivity index (χ2n) is 11.8. The third-order valence-electron chi connectivity index (χ3n) is 9.45. The Hall–Kier alpha value is -3.63. The number of piperidine rings is 2. The van der Waals surface area contributed by atoms with Crippen molar-refractivity contribution < 1.29 is 0 Å². The number of anilines is 5. The molecule has 3 aromatic heterocycles. The second kappa shape index (κ2) is 10.3. The van der Waals surface area contributed by atoms with Gasteiger partial charge in [0, 0.05) is 60.0 Å². The molecule has 2 bridgehead atoms. The van der Waals surface area contributed by atoms with E-state index in [0.29, 0.717) is 17.8 Å². The number of likely N-dealkylation sites (tertiary alicyclic amines) is 1. The Morgan fingerprint density at radius 2 is 1.61 bits per heavy atom. The van der Waals surface area contributed by atoms with Gasteiger partial charge in [-0.25, -0.2) is 4.98 Å². The number of pyridine rings is 1. The van der Waals surface area contributed by atoms with Crippen LogP contribution in [0.5, 0.6) is 0 Å². The highest BCUT2D eigenvalue weighted by molar-refractivity contribution is 7.13. The number of nitrogens with one attached hydrogen (secondary N) is 1. The van der Waals surface area contributed by atoms with Crippen LogP contribution < -0.4 is 20.9 Å². The van der Waals surface area contributed by atoms with Crippen molar-refractivity contribution in [2.75, 3.05) is 60.1 Å². The monoisotopic (exact) mass is 567 g/mol. The van der Waals surface area contributed by atoms with E-state index in [9.17, 15) is 0 Å². The topological polar surface area (TPSA) is 91.4 Å². The molecule has 0 aliphatic carbocycles. The van der Waals surface area contributed by atoms with E-state index in [2.05, 4.69) is 72.8 Å². The van der Waals surface area contributed by atoms with Gasteiger partial charge >= 0.3 is 0 Å². The highest BCUT2D eigenvalue weighted by Crippen LogP contribution is 2.47. The van der Waals surface area contributed by atoms with Crippen molar-refractivity contribution in [2.45, 2.75) is 50.5 Å². The van der Waals surface area contributed by atoms with Gasteiger partial charge in [-0.1, -0.05) is 6.07 Å². The molecular formula is C31H37N9S. The van der Waals surface area contributed by atoms with Gasteiger partial charge in [0.25, 0.3) is 0 Å². The van der Waals surface area contributed by atoms with Crippen LogP contribution in [0.3, 0.4) is 0 Å². The molecule has 9 nitrogen and oxygen atoms in total. The van der Waals surface area contributed by atoms with E-state index in [-0.39, 0.29) is 0 Å². The van der Waals surface area contributed by atoms with Crippen molar-refractivity contribution in [3.05, 3.63) is 53.5 Å². The first-order valence-corrected chi connectivity index (χ1v) is 16.0. The molecule has 10 heteroatoms. The maximum atomic E-state index is 6.42. The van der Waals surface area contributed by atoms with E-state index in [0.717, 1.165) is 56.6 Å². The number of nitrogens with two attached hydrogens (primary N) is 1. The summed E-state index contributed by atoms with van der Waals surface area (Å²) in [5.41, 5.74) is 12.3. The van der Waals surface area contributed by atoms with Gasteiger partial charge < -0.3 is 25.8 Å². The molecule has 0 unspecified atom stereocenters. The minimum absolute atomic E-state index is 0.329. The minimum Gasteiger partial charge on any atom is -0.371 e. The summed E-state index contributed by atoms with van der Waals surface area (Å²) in [6.07, 6.45) is 7.55. The summed E-state index contributed by atoms with van der Waals surface area (Å²) in [4.78, 5) is 18.6. The highest BCUT2D eigenvalue weighted by atomic mass is 32.1. The number of hydrogen-bond donors (Lipinski definition) is 2. The lowest BCUT2D eigenvalue weighted by Gasteiger charge is -2.42. The van der Waals surface area contributed by atoms with Gasteiger partial charge in [-0.05, 0) is 93.4 Å². The van der Waals surface area contributed by atoms with Crippen molar-refractivity contribution in [1.82, 2.24) is 24.6 Å². The van der Waals surface area contributed by atoms with Gasteiger partial charge in [0.2, 0.25) is 11.9 Å². The molecule has 1 aromatic carbocycles.